The highest BCUT2D eigenvalue weighted by molar-refractivity contribution is 4.79. The maximum Gasteiger partial charge on any atom is -0.0386 e. The highest BCUT2D eigenvalue weighted by Crippen LogP contribution is 2.40. The predicted octanol–water partition coefficient (Wildman–Crippen LogP) is 5.67. The molecule has 96 valence electrons. The molecule has 0 atom stereocenters. The van der Waals surface area contributed by atoms with Gasteiger partial charge in [-0.05, 0) is 49.4 Å². The summed E-state index contributed by atoms with van der Waals surface area (Å²) in [4.78, 5) is 0. The van der Waals surface area contributed by atoms with E-state index in [4.69, 9.17) is 0 Å². The lowest BCUT2D eigenvalue weighted by molar-refractivity contribution is 0.152. The lowest BCUT2D eigenvalue weighted by Crippen LogP contribution is -2.25. The van der Waals surface area contributed by atoms with Gasteiger partial charge in [-0.25, -0.2) is 0 Å². The maximum atomic E-state index is 2.38. The summed E-state index contributed by atoms with van der Waals surface area (Å²) in [5.74, 6) is 4.14. The summed E-state index contributed by atoms with van der Waals surface area (Å²) in [6, 6.07) is 0. The Kier molecular flexibility index (Phi) is 6.46. The molecule has 0 nitrogen and oxygen atoms in total. The van der Waals surface area contributed by atoms with Crippen LogP contribution < -0.4 is 0 Å². The Morgan fingerprint density at radius 3 is 1.06 bits per heavy atom. The first kappa shape index (κ1) is 14.1. The van der Waals surface area contributed by atoms with Crippen molar-refractivity contribution in [2.45, 2.75) is 79.1 Å². The van der Waals surface area contributed by atoms with Crippen LogP contribution in [0.2, 0.25) is 0 Å². The van der Waals surface area contributed by atoms with Crippen LogP contribution in [0.3, 0.4) is 0 Å². The Morgan fingerprint density at radius 2 is 0.875 bits per heavy atom. The van der Waals surface area contributed by atoms with Gasteiger partial charge in [0.15, 0.2) is 0 Å². The summed E-state index contributed by atoms with van der Waals surface area (Å²) in [6.45, 7) is 9.50. The van der Waals surface area contributed by atoms with Gasteiger partial charge in [0, 0.05) is 0 Å². The van der Waals surface area contributed by atoms with Gasteiger partial charge in [-0.15, -0.1) is 0 Å². The SMILES string of the molecule is CCC(CC)C1CCC(C(CC)CC)CC1. The zero-order valence-electron chi connectivity index (χ0n) is 12.0. The van der Waals surface area contributed by atoms with Crippen LogP contribution in [-0.4, -0.2) is 0 Å². The standard InChI is InChI=1S/C16H32/c1-5-13(6-2)15-9-11-16(12-10-15)14(7-3)8-4/h13-16H,5-12H2,1-4H3. The van der Waals surface area contributed by atoms with Gasteiger partial charge in [0.1, 0.15) is 0 Å². The van der Waals surface area contributed by atoms with Crippen LogP contribution in [0.1, 0.15) is 79.1 Å². The van der Waals surface area contributed by atoms with E-state index in [-0.39, 0.29) is 0 Å². The molecule has 0 bridgehead atoms. The second kappa shape index (κ2) is 7.35. The average molecular weight is 224 g/mol. The minimum Gasteiger partial charge on any atom is -0.0651 e. The van der Waals surface area contributed by atoms with Crippen LogP contribution in [0.15, 0.2) is 0 Å². The third-order valence-corrected chi connectivity index (χ3v) is 5.25. The Hall–Kier alpha value is 0. The molecule has 0 aliphatic heterocycles. The molecular weight excluding hydrogens is 192 g/mol. The Balaban J connectivity index is 2.38. The lowest BCUT2D eigenvalue weighted by atomic mass is 9.70. The minimum absolute atomic E-state index is 1.02. The molecule has 0 heteroatoms. The molecule has 0 N–H and O–H groups in total. The topological polar surface area (TPSA) is 0 Å². The molecule has 0 aromatic heterocycles. The van der Waals surface area contributed by atoms with Crippen LogP contribution in [0.5, 0.6) is 0 Å². The first-order valence-electron chi connectivity index (χ1n) is 7.76. The van der Waals surface area contributed by atoms with Crippen LogP contribution in [0.25, 0.3) is 0 Å². The van der Waals surface area contributed by atoms with E-state index in [0.717, 1.165) is 23.7 Å². The van der Waals surface area contributed by atoms with Crippen molar-refractivity contribution in [2.75, 3.05) is 0 Å². The number of hydrogen-bond acceptors (Lipinski definition) is 0. The fraction of sp³-hybridized carbons (Fsp3) is 1.00. The molecule has 0 spiro atoms. The highest BCUT2D eigenvalue weighted by Gasteiger charge is 2.28. The zero-order valence-corrected chi connectivity index (χ0v) is 12.0. The normalized spacial score (nSPS) is 26.6. The second-order valence-electron chi connectivity index (χ2n) is 5.83. The van der Waals surface area contributed by atoms with E-state index in [9.17, 15) is 0 Å². The van der Waals surface area contributed by atoms with Gasteiger partial charge < -0.3 is 0 Å². The summed E-state index contributed by atoms with van der Waals surface area (Å²) in [5.41, 5.74) is 0. The van der Waals surface area contributed by atoms with E-state index < -0.39 is 0 Å². The zero-order chi connectivity index (χ0) is 12.0. The summed E-state index contributed by atoms with van der Waals surface area (Å²) in [7, 11) is 0. The van der Waals surface area contributed by atoms with Crippen molar-refractivity contribution in [2.24, 2.45) is 23.7 Å². The monoisotopic (exact) mass is 224 g/mol. The summed E-state index contributed by atoms with van der Waals surface area (Å²) >= 11 is 0. The van der Waals surface area contributed by atoms with Crippen molar-refractivity contribution in [3.8, 4) is 0 Å². The van der Waals surface area contributed by atoms with Gasteiger partial charge in [-0.1, -0.05) is 53.4 Å². The molecule has 0 unspecified atom stereocenters. The molecule has 1 aliphatic rings. The quantitative estimate of drug-likeness (QED) is 0.545. The van der Waals surface area contributed by atoms with Crippen LogP contribution in [0, 0.1) is 23.7 Å². The van der Waals surface area contributed by atoms with Crippen molar-refractivity contribution >= 4 is 0 Å². The summed E-state index contributed by atoms with van der Waals surface area (Å²) in [5, 5.41) is 0. The molecule has 0 heterocycles. The predicted molar refractivity (Wildman–Crippen MR) is 73.6 cm³/mol. The van der Waals surface area contributed by atoms with Crippen molar-refractivity contribution in [3.63, 3.8) is 0 Å². The molecule has 1 rings (SSSR count). The van der Waals surface area contributed by atoms with Gasteiger partial charge >= 0.3 is 0 Å². The molecule has 1 saturated carbocycles. The van der Waals surface area contributed by atoms with E-state index in [1.807, 2.05) is 0 Å². The molecule has 1 aliphatic carbocycles. The first-order chi connectivity index (χ1) is 7.76. The fourth-order valence-electron chi connectivity index (χ4n) is 4.00. The number of rotatable bonds is 6. The van der Waals surface area contributed by atoms with Crippen LogP contribution in [0.4, 0.5) is 0 Å². The van der Waals surface area contributed by atoms with E-state index in [2.05, 4.69) is 27.7 Å². The summed E-state index contributed by atoms with van der Waals surface area (Å²) < 4.78 is 0. The van der Waals surface area contributed by atoms with E-state index in [0.29, 0.717) is 0 Å². The van der Waals surface area contributed by atoms with Crippen LogP contribution >= 0.6 is 0 Å². The molecule has 0 aromatic carbocycles. The van der Waals surface area contributed by atoms with Crippen molar-refractivity contribution in [1.82, 2.24) is 0 Å². The molecular formula is C16H32. The lowest BCUT2D eigenvalue weighted by Gasteiger charge is -2.36. The third-order valence-electron chi connectivity index (χ3n) is 5.25. The second-order valence-corrected chi connectivity index (χ2v) is 5.83. The largest absolute Gasteiger partial charge is 0.0651 e. The van der Waals surface area contributed by atoms with Crippen molar-refractivity contribution < 1.29 is 0 Å². The molecule has 0 aromatic rings. The van der Waals surface area contributed by atoms with E-state index >= 15 is 0 Å². The highest BCUT2D eigenvalue weighted by atomic mass is 14.3. The Labute approximate surface area is 103 Å². The van der Waals surface area contributed by atoms with Crippen LogP contribution in [-0.2, 0) is 0 Å². The smallest absolute Gasteiger partial charge is 0.0386 e. The molecule has 0 saturated heterocycles. The maximum absolute atomic E-state index is 2.38. The van der Waals surface area contributed by atoms with Gasteiger partial charge in [-0.3, -0.25) is 0 Å². The fourth-order valence-corrected chi connectivity index (χ4v) is 4.00. The van der Waals surface area contributed by atoms with Crippen molar-refractivity contribution in [3.05, 3.63) is 0 Å². The third kappa shape index (κ3) is 3.50. The molecule has 0 radical (unpaired) electrons. The summed E-state index contributed by atoms with van der Waals surface area (Å²) in [6.07, 6.45) is 11.7. The average Bonchev–Trinajstić information content (AvgIpc) is 2.34. The van der Waals surface area contributed by atoms with Crippen molar-refractivity contribution in [1.29, 1.82) is 0 Å². The van der Waals surface area contributed by atoms with E-state index in [1.54, 1.807) is 0 Å². The Morgan fingerprint density at radius 1 is 0.625 bits per heavy atom. The number of hydrogen-bond donors (Lipinski definition) is 0. The first-order valence-corrected chi connectivity index (χ1v) is 7.76. The van der Waals surface area contributed by atoms with Gasteiger partial charge in [-0.2, -0.15) is 0 Å². The van der Waals surface area contributed by atoms with E-state index in [1.165, 1.54) is 51.4 Å². The Bertz CT molecular complexity index is 137. The van der Waals surface area contributed by atoms with Gasteiger partial charge in [0.05, 0.1) is 0 Å². The van der Waals surface area contributed by atoms with Gasteiger partial charge in [0.25, 0.3) is 0 Å². The molecule has 1 fully saturated rings. The molecule has 0 amide bonds. The minimum atomic E-state index is 1.02. The van der Waals surface area contributed by atoms with Gasteiger partial charge in [0.2, 0.25) is 0 Å². The molecule has 16 heavy (non-hydrogen) atoms.